The highest BCUT2D eigenvalue weighted by atomic mass is 32.2. The second-order valence-corrected chi connectivity index (χ2v) is 6.38. The number of carbonyl (C=O) groups is 1. The molecule has 0 unspecified atom stereocenters. The Morgan fingerprint density at radius 1 is 1.28 bits per heavy atom. The van der Waals surface area contributed by atoms with Gasteiger partial charge in [-0.3, -0.25) is 14.9 Å². The highest BCUT2D eigenvalue weighted by Crippen LogP contribution is 2.22. The fraction of sp³-hybridized carbons (Fsp3) is 0.176. The van der Waals surface area contributed by atoms with Gasteiger partial charge in [0.15, 0.2) is 0 Å². The van der Waals surface area contributed by atoms with Gasteiger partial charge in [0.25, 0.3) is 5.69 Å². The number of hydrazone groups is 1. The number of aromatic hydroxyl groups is 1. The Hall–Kier alpha value is -2.87. The molecular formula is C17H17N3O4S. The van der Waals surface area contributed by atoms with Gasteiger partial charge in [-0.2, -0.15) is 5.10 Å². The first kappa shape index (κ1) is 18.5. The molecule has 7 nitrogen and oxygen atoms in total. The number of nitro groups is 1. The van der Waals surface area contributed by atoms with Crippen LogP contribution in [0, 0.1) is 24.0 Å². The largest absolute Gasteiger partial charge is 0.507 e. The summed E-state index contributed by atoms with van der Waals surface area (Å²) >= 11 is 1.26. The van der Waals surface area contributed by atoms with E-state index in [1.54, 1.807) is 38.1 Å². The second-order valence-electron chi connectivity index (χ2n) is 5.34. The van der Waals surface area contributed by atoms with E-state index in [0.717, 1.165) is 21.6 Å². The summed E-state index contributed by atoms with van der Waals surface area (Å²) in [5, 5.41) is 24.2. The second kappa shape index (κ2) is 8.29. The first-order valence-electron chi connectivity index (χ1n) is 7.36. The summed E-state index contributed by atoms with van der Waals surface area (Å²) in [5.41, 5.74) is 4.68. The number of thioether (sulfide) groups is 1. The van der Waals surface area contributed by atoms with Crippen LogP contribution in [0.4, 0.5) is 5.69 Å². The first-order valence-corrected chi connectivity index (χ1v) is 8.34. The normalized spacial score (nSPS) is 10.8. The molecule has 0 saturated carbocycles. The number of hydrogen-bond acceptors (Lipinski definition) is 6. The van der Waals surface area contributed by atoms with Gasteiger partial charge in [-0.05, 0) is 54.8 Å². The molecule has 0 bridgehead atoms. The van der Waals surface area contributed by atoms with E-state index in [-0.39, 0.29) is 23.1 Å². The fourth-order valence-electron chi connectivity index (χ4n) is 2.09. The van der Waals surface area contributed by atoms with Crippen molar-refractivity contribution in [3.63, 3.8) is 0 Å². The Morgan fingerprint density at radius 2 is 1.88 bits per heavy atom. The SMILES string of the molecule is Cc1cc(/C=N\NC(=O)CSc2ccc([N+](=O)[O-])cc2)cc(C)c1O. The topological polar surface area (TPSA) is 105 Å². The smallest absolute Gasteiger partial charge is 0.269 e. The van der Waals surface area contributed by atoms with Crippen LogP contribution in [0.3, 0.4) is 0 Å². The third-order valence-corrected chi connectivity index (χ3v) is 4.35. The van der Waals surface area contributed by atoms with Crippen molar-refractivity contribution < 1.29 is 14.8 Å². The van der Waals surface area contributed by atoms with E-state index >= 15 is 0 Å². The Labute approximate surface area is 148 Å². The molecule has 0 heterocycles. The number of phenols is 1. The molecule has 0 spiro atoms. The predicted molar refractivity (Wildman–Crippen MR) is 97.1 cm³/mol. The van der Waals surface area contributed by atoms with Crippen LogP contribution in [0.1, 0.15) is 16.7 Å². The van der Waals surface area contributed by atoms with Crippen LogP contribution in [0.5, 0.6) is 5.75 Å². The third kappa shape index (κ3) is 5.32. The van der Waals surface area contributed by atoms with E-state index in [9.17, 15) is 20.0 Å². The number of aryl methyl sites for hydroxylation is 2. The minimum Gasteiger partial charge on any atom is -0.507 e. The number of hydrogen-bond donors (Lipinski definition) is 2. The number of rotatable bonds is 6. The number of non-ortho nitro benzene ring substituents is 1. The molecule has 1 amide bonds. The van der Waals surface area contributed by atoms with Crippen LogP contribution >= 0.6 is 11.8 Å². The van der Waals surface area contributed by atoms with Crippen LogP contribution in [-0.4, -0.2) is 27.9 Å². The minimum atomic E-state index is -0.470. The van der Waals surface area contributed by atoms with Gasteiger partial charge in [-0.1, -0.05) is 0 Å². The number of amides is 1. The Kier molecular flexibility index (Phi) is 6.13. The van der Waals surface area contributed by atoms with E-state index in [1.807, 2.05) is 0 Å². The number of nitrogens with zero attached hydrogens (tertiary/aromatic N) is 2. The van der Waals surface area contributed by atoms with Gasteiger partial charge in [0.2, 0.25) is 5.91 Å². The maximum atomic E-state index is 11.8. The van der Waals surface area contributed by atoms with Gasteiger partial charge in [-0.15, -0.1) is 11.8 Å². The van der Waals surface area contributed by atoms with Crippen molar-refractivity contribution in [1.82, 2.24) is 5.43 Å². The Balaban J connectivity index is 1.85. The van der Waals surface area contributed by atoms with E-state index in [0.29, 0.717) is 0 Å². The summed E-state index contributed by atoms with van der Waals surface area (Å²) in [6, 6.07) is 9.53. The lowest BCUT2D eigenvalue weighted by atomic mass is 10.1. The number of nitro benzene ring substituents is 1. The lowest BCUT2D eigenvalue weighted by molar-refractivity contribution is -0.384. The van der Waals surface area contributed by atoms with Gasteiger partial charge < -0.3 is 5.11 Å². The predicted octanol–water partition coefficient (Wildman–Crippen LogP) is 3.16. The zero-order chi connectivity index (χ0) is 18.4. The molecule has 0 atom stereocenters. The fourth-order valence-corrected chi connectivity index (χ4v) is 2.78. The highest BCUT2D eigenvalue weighted by Gasteiger charge is 2.06. The summed E-state index contributed by atoms with van der Waals surface area (Å²) in [6.07, 6.45) is 1.51. The first-order chi connectivity index (χ1) is 11.9. The molecule has 0 aliphatic heterocycles. The molecule has 2 rings (SSSR count). The van der Waals surface area contributed by atoms with Crippen LogP contribution in [-0.2, 0) is 4.79 Å². The summed E-state index contributed by atoms with van der Waals surface area (Å²) in [4.78, 5) is 22.6. The molecule has 2 N–H and O–H groups in total. The quantitative estimate of drug-likeness (QED) is 0.357. The molecule has 2 aromatic carbocycles. The van der Waals surface area contributed by atoms with E-state index in [4.69, 9.17) is 0 Å². The third-order valence-electron chi connectivity index (χ3n) is 3.33. The molecular weight excluding hydrogens is 342 g/mol. The number of phenolic OH excluding ortho intramolecular Hbond substituents is 1. The van der Waals surface area contributed by atoms with Gasteiger partial charge in [-0.25, -0.2) is 5.43 Å². The number of nitrogens with one attached hydrogen (secondary N) is 1. The lowest BCUT2D eigenvalue weighted by Gasteiger charge is -2.04. The standard InChI is InChI=1S/C17H17N3O4S/c1-11-7-13(8-12(2)17(11)22)9-18-19-16(21)10-25-15-5-3-14(4-6-15)20(23)24/h3-9,22H,10H2,1-2H3,(H,19,21)/b18-9-. The maximum absolute atomic E-state index is 11.8. The van der Waals surface area contributed by atoms with Gasteiger partial charge in [0.05, 0.1) is 16.9 Å². The minimum absolute atomic E-state index is 0.0119. The molecule has 0 radical (unpaired) electrons. The van der Waals surface area contributed by atoms with Crippen molar-refractivity contribution in [2.24, 2.45) is 5.10 Å². The zero-order valence-electron chi connectivity index (χ0n) is 13.7. The molecule has 130 valence electrons. The van der Waals surface area contributed by atoms with Crippen molar-refractivity contribution >= 4 is 29.6 Å². The average molecular weight is 359 g/mol. The van der Waals surface area contributed by atoms with E-state index in [1.165, 1.54) is 30.1 Å². The molecule has 0 aliphatic carbocycles. The lowest BCUT2D eigenvalue weighted by Crippen LogP contribution is -2.19. The van der Waals surface area contributed by atoms with E-state index < -0.39 is 4.92 Å². The van der Waals surface area contributed by atoms with Crippen molar-refractivity contribution in [1.29, 1.82) is 0 Å². The summed E-state index contributed by atoms with van der Waals surface area (Å²) in [5.74, 6) is 0.107. The van der Waals surface area contributed by atoms with Gasteiger partial charge in [0, 0.05) is 17.0 Å². The van der Waals surface area contributed by atoms with Crippen molar-refractivity contribution in [2.45, 2.75) is 18.7 Å². The molecule has 2 aromatic rings. The number of benzene rings is 2. The molecule has 0 aromatic heterocycles. The van der Waals surface area contributed by atoms with Crippen LogP contribution < -0.4 is 5.43 Å². The van der Waals surface area contributed by atoms with Crippen molar-refractivity contribution in [3.05, 3.63) is 63.2 Å². The number of carbonyl (C=O) groups excluding carboxylic acids is 1. The molecule has 8 heteroatoms. The zero-order valence-corrected chi connectivity index (χ0v) is 14.5. The monoisotopic (exact) mass is 359 g/mol. The van der Waals surface area contributed by atoms with E-state index in [2.05, 4.69) is 10.5 Å². The van der Waals surface area contributed by atoms with Gasteiger partial charge in [0.1, 0.15) is 5.75 Å². The van der Waals surface area contributed by atoms with Gasteiger partial charge >= 0.3 is 0 Å². The summed E-state index contributed by atoms with van der Waals surface area (Å²) in [7, 11) is 0. The molecule has 0 aliphatic rings. The molecule has 25 heavy (non-hydrogen) atoms. The van der Waals surface area contributed by atoms with Crippen LogP contribution in [0.2, 0.25) is 0 Å². The summed E-state index contributed by atoms with van der Waals surface area (Å²) < 4.78 is 0. The maximum Gasteiger partial charge on any atom is 0.269 e. The Bertz CT molecular complexity index is 796. The highest BCUT2D eigenvalue weighted by molar-refractivity contribution is 8.00. The van der Waals surface area contributed by atoms with Crippen LogP contribution in [0.15, 0.2) is 46.4 Å². The van der Waals surface area contributed by atoms with Crippen molar-refractivity contribution in [2.75, 3.05) is 5.75 Å². The molecule has 0 fully saturated rings. The average Bonchev–Trinajstić information content (AvgIpc) is 2.58. The molecule has 0 saturated heterocycles. The van der Waals surface area contributed by atoms with Crippen LogP contribution in [0.25, 0.3) is 0 Å². The summed E-state index contributed by atoms with van der Waals surface area (Å²) in [6.45, 7) is 3.58. The Morgan fingerprint density at radius 3 is 2.44 bits per heavy atom. The van der Waals surface area contributed by atoms with Crippen molar-refractivity contribution in [3.8, 4) is 5.75 Å².